The molecule has 1 aliphatic rings. The number of methoxy groups -OCH3 is 1. The van der Waals surface area contributed by atoms with E-state index < -0.39 is 0 Å². The Morgan fingerprint density at radius 2 is 1.82 bits per heavy atom. The van der Waals surface area contributed by atoms with Crippen LogP contribution in [0, 0.1) is 25.6 Å². The minimum Gasteiger partial charge on any atom is -0.496 e. The monoisotopic (exact) mass is 544 g/mol. The average molecular weight is 545 g/mol. The van der Waals surface area contributed by atoms with Crippen molar-refractivity contribution in [3.8, 4) is 5.75 Å². The lowest BCUT2D eigenvalue weighted by Crippen LogP contribution is -2.36. The maximum Gasteiger partial charge on any atom is 0.256 e. The van der Waals surface area contributed by atoms with Gasteiger partial charge in [0, 0.05) is 34.9 Å². The zero-order valence-electron chi connectivity index (χ0n) is 23.6. The van der Waals surface area contributed by atoms with Gasteiger partial charge in [-0.25, -0.2) is 4.39 Å². The minimum atomic E-state index is -0.268. The number of aromatic amines is 1. The van der Waals surface area contributed by atoms with Crippen molar-refractivity contribution in [2.24, 2.45) is 5.92 Å². The van der Waals surface area contributed by atoms with Crippen molar-refractivity contribution >= 4 is 16.8 Å². The Hall–Kier alpha value is -3.91. The normalized spacial score (nSPS) is 15.3. The van der Waals surface area contributed by atoms with E-state index in [1.165, 1.54) is 19.2 Å². The molecule has 1 fully saturated rings. The molecule has 0 spiro atoms. The van der Waals surface area contributed by atoms with E-state index in [1.54, 1.807) is 13.0 Å². The first-order valence-corrected chi connectivity index (χ1v) is 13.9. The van der Waals surface area contributed by atoms with Crippen LogP contribution in [-0.4, -0.2) is 40.6 Å². The standard InChI is InChI=1S/C32H37FN4O3/c1-20-17-29(40-4)27(31(38)35-20)18-34-32(39)30-22(3)37(28-8-6-5-7-26(28)30)21(2)24-13-15-36(16-14-24)19-23-9-11-25(33)12-10-23/h5-12,17,21,24H,13-16,18-19H2,1-4H3,(H,34,39)(H,35,38)/t21-/m1/s1. The van der Waals surface area contributed by atoms with Crippen molar-refractivity contribution in [3.05, 3.63) is 98.8 Å². The summed E-state index contributed by atoms with van der Waals surface area (Å²) >= 11 is 0. The van der Waals surface area contributed by atoms with E-state index in [-0.39, 0.29) is 29.9 Å². The lowest BCUT2D eigenvalue weighted by molar-refractivity contribution is 0.0951. The number of hydrogen-bond donors (Lipinski definition) is 2. The van der Waals surface area contributed by atoms with Crippen LogP contribution in [0.2, 0.25) is 0 Å². The number of H-pyrrole nitrogens is 1. The van der Waals surface area contributed by atoms with Gasteiger partial charge in [-0.1, -0.05) is 30.3 Å². The van der Waals surface area contributed by atoms with Gasteiger partial charge < -0.3 is 19.6 Å². The molecular formula is C32H37FN4O3. The number of likely N-dealkylation sites (tertiary alicyclic amines) is 1. The third kappa shape index (κ3) is 5.54. The summed E-state index contributed by atoms with van der Waals surface area (Å²) in [7, 11) is 1.52. The second-order valence-electron chi connectivity index (χ2n) is 10.8. The highest BCUT2D eigenvalue weighted by Crippen LogP contribution is 2.36. The summed E-state index contributed by atoms with van der Waals surface area (Å²) < 4.78 is 21.0. The second-order valence-corrected chi connectivity index (χ2v) is 10.8. The molecule has 1 amide bonds. The first-order chi connectivity index (χ1) is 19.3. The number of carbonyl (C=O) groups is 1. The van der Waals surface area contributed by atoms with Gasteiger partial charge in [0.15, 0.2) is 0 Å². The van der Waals surface area contributed by atoms with Crippen LogP contribution in [0.4, 0.5) is 4.39 Å². The number of fused-ring (bicyclic) bond motifs is 1. The molecule has 40 heavy (non-hydrogen) atoms. The fourth-order valence-electron chi connectivity index (χ4n) is 6.15. The van der Waals surface area contributed by atoms with Crippen LogP contribution in [0.15, 0.2) is 59.4 Å². The van der Waals surface area contributed by atoms with Gasteiger partial charge in [0.05, 0.1) is 24.8 Å². The molecule has 0 unspecified atom stereocenters. The molecule has 2 aromatic heterocycles. The lowest BCUT2D eigenvalue weighted by atomic mass is 9.89. The number of hydrogen-bond acceptors (Lipinski definition) is 4. The number of rotatable bonds is 8. The quantitative estimate of drug-likeness (QED) is 0.307. The Balaban J connectivity index is 1.33. The van der Waals surface area contributed by atoms with Gasteiger partial charge in [0.25, 0.3) is 11.5 Å². The van der Waals surface area contributed by atoms with Crippen molar-refractivity contribution < 1.29 is 13.9 Å². The summed E-state index contributed by atoms with van der Waals surface area (Å²) in [4.78, 5) is 31.3. The van der Waals surface area contributed by atoms with Crippen molar-refractivity contribution in [1.82, 2.24) is 19.8 Å². The fraction of sp³-hybridized carbons (Fsp3) is 0.375. The summed E-state index contributed by atoms with van der Waals surface area (Å²) in [6, 6.07) is 16.8. The number of aromatic nitrogens is 2. The fourth-order valence-corrected chi connectivity index (χ4v) is 6.15. The van der Waals surface area contributed by atoms with Crippen molar-refractivity contribution in [3.63, 3.8) is 0 Å². The number of benzene rings is 2. The summed E-state index contributed by atoms with van der Waals surface area (Å²) in [5.74, 6) is 0.503. The second kappa shape index (κ2) is 11.7. The number of carbonyl (C=O) groups excluding carboxylic acids is 1. The molecule has 1 saturated heterocycles. The molecule has 0 saturated carbocycles. The van der Waals surface area contributed by atoms with Crippen molar-refractivity contribution in [1.29, 1.82) is 0 Å². The Morgan fingerprint density at radius 1 is 1.12 bits per heavy atom. The zero-order valence-corrected chi connectivity index (χ0v) is 23.6. The van der Waals surface area contributed by atoms with Crippen LogP contribution in [0.25, 0.3) is 10.9 Å². The molecule has 7 nitrogen and oxygen atoms in total. The molecule has 1 atom stereocenters. The van der Waals surface area contributed by atoms with Gasteiger partial charge in [-0.05, 0) is 82.4 Å². The number of para-hydroxylation sites is 1. The van der Waals surface area contributed by atoms with E-state index in [0.717, 1.165) is 54.6 Å². The van der Waals surface area contributed by atoms with E-state index in [9.17, 15) is 14.0 Å². The third-order valence-electron chi connectivity index (χ3n) is 8.30. The smallest absolute Gasteiger partial charge is 0.256 e. The van der Waals surface area contributed by atoms with Crippen LogP contribution < -0.4 is 15.6 Å². The minimum absolute atomic E-state index is 0.0681. The summed E-state index contributed by atoms with van der Waals surface area (Å²) in [5, 5.41) is 3.87. The van der Waals surface area contributed by atoms with E-state index in [4.69, 9.17) is 4.74 Å². The molecule has 3 heterocycles. The molecule has 2 aromatic carbocycles. The molecular weight excluding hydrogens is 507 g/mol. The highest BCUT2D eigenvalue weighted by atomic mass is 19.1. The van der Waals surface area contributed by atoms with Crippen LogP contribution in [0.1, 0.15) is 58.7 Å². The maximum atomic E-state index is 13.6. The van der Waals surface area contributed by atoms with Gasteiger partial charge in [0.1, 0.15) is 11.6 Å². The Kier molecular flexibility index (Phi) is 8.07. The predicted octanol–water partition coefficient (Wildman–Crippen LogP) is 5.50. The SMILES string of the molecule is COc1cc(C)[nH]c(=O)c1CNC(=O)c1c(C)n([C@H](C)C2CCN(Cc3ccc(F)cc3)CC2)c2ccccc12. The zero-order chi connectivity index (χ0) is 28.4. The summed E-state index contributed by atoms with van der Waals surface area (Å²) in [5.41, 5.74) is 4.55. The third-order valence-corrected chi connectivity index (χ3v) is 8.30. The number of aryl methyl sites for hydroxylation is 1. The average Bonchev–Trinajstić information content (AvgIpc) is 3.25. The lowest BCUT2D eigenvalue weighted by Gasteiger charge is -2.36. The highest BCUT2D eigenvalue weighted by Gasteiger charge is 2.29. The van der Waals surface area contributed by atoms with Crippen LogP contribution in [0.5, 0.6) is 5.75 Å². The number of piperidine rings is 1. The highest BCUT2D eigenvalue weighted by molar-refractivity contribution is 6.08. The van der Waals surface area contributed by atoms with Crippen LogP contribution >= 0.6 is 0 Å². The first kappa shape index (κ1) is 27.6. The van der Waals surface area contributed by atoms with Crippen molar-refractivity contribution in [2.75, 3.05) is 20.2 Å². The number of halogens is 1. The molecule has 4 aromatic rings. The molecule has 0 radical (unpaired) electrons. The molecule has 5 rings (SSSR count). The molecule has 0 aliphatic carbocycles. The molecule has 210 valence electrons. The predicted molar refractivity (Wildman–Crippen MR) is 155 cm³/mol. The van der Waals surface area contributed by atoms with E-state index in [1.807, 2.05) is 37.3 Å². The van der Waals surface area contributed by atoms with E-state index >= 15 is 0 Å². The first-order valence-electron chi connectivity index (χ1n) is 13.9. The van der Waals surface area contributed by atoms with Crippen molar-refractivity contribution in [2.45, 2.75) is 52.7 Å². The van der Waals surface area contributed by atoms with Gasteiger partial charge in [-0.3, -0.25) is 14.5 Å². The van der Waals surface area contributed by atoms with Gasteiger partial charge in [-0.15, -0.1) is 0 Å². The summed E-state index contributed by atoms with van der Waals surface area (Å²) in [6.45, 7) is 8.90. The largest absolute Gasteiger partial charge is 0.496 e. The van der Waals surface area contributed by atoms with Crippen LogP contribution in [-0.2, 0) is 13.1 Å². The molecule has 2 N–H and O–H groups in total. The van der Waals surface area contributed by atoms with Gasteiger partial charge in [0.2, 0.25) is 0 Å². The maximum absolute atomic E-state index is 13.6. The van der Waals surface area contributed by atoms with Crippen LogP contribution in [0.3, 0.4) is 0 Å². The van der Waals surface area contributed by atoms with E-state index in [0.29, 0.717) is 28.5 Å². The molecule has 1 aliphatic heterocycles. The number of pyridine rings is 1. The topological polar surface area (TPSA) is 79.4 Å². The molecule has 8 heteroatoms. The number of amides is 1. The van der Waals surface area contributed by atoms with E-state index in [2.05, 4.69) is 32.8 Å². The number of ether oxygens (including phenoxy) is 1. The Bertz CT molecular complexity index is 1570. The molecule has 0 bridgehead atoms. The number of nitrogens with zero attached hydrogens (tertiary/aromatic N) is 2. The Morgan fingerprint density at radius 3 is 2.52 bits per heavy atom. The Labute approximate surface area is 234 Å². The van der Waals surface area contributed by atoms with Gasteiger partial charge >= 0.3 is 0 Å². The van der Waals surface area contributed by atoms with Gasteiger partial charge in [-0.2, -0.15) is 0 Å². The summed E-state index contributed by atoms with van der Waals surface area (Å²) in [6.07, 6.45) is 2.09. The number of nitrogens with one attached hydrogen (secondary N) is 2.